The third kappa shape index (κ3) is 3.87. The molecule has 0 spiro atoms. The summed E-state index contributed by atoms with van der Waals surface area (Å²) < 4.78 is 5.42. The van der Waals surface area contributed by atoms with Crippen LogP contribution in [0.1, 0.15) is 42.6 Å². The van der Waals surface area contributed by atoms with E-state index in [1.54, 1.807) is 7.11 Å². The average Bonchev–Trinajstić information content (AvgIpc) is 2.59. The lowest BCUT2D eigenvalue weighted by Crippen LogP contribution is -2.27. The predicted octanol–water partition coefficient (Wildman–Crippen LogP) is 3.64. The van der Waals surface area contributed by atoms with E-state index in [4.69, 9.17) is 4.74 Å². The quantitative estimate of drug-likeness (QED) is 0.820. The van der Waals surface area contributed by atoms with Crippen LogP contribution in [0.15, 0.2) is 48.5 Å². The number of aliphatic hydroxyl groups excluding tert-OH is 1. The van der Waals surface area contributed by atoms with Crippen molar-refractivity contribution in [3.8, 4) is 5.75 Å². The molecule has 0 saturated heterocycles. The van der Waals surface area contributed by atoms with Gasteiger partial charge in [0, 0.05) is 11.6 Å². The Kier molecular flexibility index (Phi) is 5.99. The number of para-hydroxylation sites is 1. The summed E-state index contributed by atoms with van der Waals surface area (Å²) in [6.07, 6.45) is 1.02. The van der Waals surface area contributed by atoms with Crippen molar-refractivity contribution in [3.05, 3.63) is 65.2 Å². The fraction of sp³-hybridized carbons (Fsp3) is 0.368. The van der Waals surface area contributed by atoms with E-state index in [2.05, 4.69) is 43.4 Å². The molecular weight excluding hydrogens is 274 g/mol. The minimum absolute atomic E-state index is 0.0605. The second kappa shape index (κ2) is 7.97. The first-order chi connectivity index (χ1) is 10.7. The maximum absolute atomic E-state index is 9.73. The highest BCUT2D eigenvalue weighted by Crippen LogP contribution is 2.27. The van der Waals surface area contributed by atoms with Gasteiger partial charge in [0.2, 0.25) is 0 Å². The van der Waals surface area contributed by atoms with Crippen molar-refractivity contribution in [2.75, 3.05) is 13.7 Å². The fourth-order valence-corrected chi connectivity index (χ4v) is 2.66. The van der Waals surface area contributed by atoms with E-state index in [9.17, 15) is 5.11 Å². The minimum Gasteiger partial charge on any atom is -0.496 e. The summed E-state index contributed by atoms with van der Waals surface area (Å²) in [4.78, 5) is 0. The number of aryl methyl sites for hydroxylation is 1. The second-order valence-electron chi connectivity index (χ2n) is 5.46. The van der Waals surface area contributed by atoms with Crippen LogP contribution in [0.2, 0.25) is 0 Å². The molecule has 2 atom stereocenters. The topological polar surface area (TPSA) is 41.5 Å². The normalized spacial score (nSPS) is 13.6. The first kappa shape index (κ1) is 16.5. The maximum Gasteiger partial charge on any atom is 0.123 e. The number of nitrogens with one attached hydrogen (secondary N) is 1. The van der Waals surface area contributed by atoms with Crippen molar-refractivity contribution in [3.63, 3.8) is 0 Å². The third-order valence-electron chi connectivity index (χ3n) is 4.03. The van der Waals surface area contributed by atoms with Gasteiger partial charge in [-0.25, -0.2) is 0 Å². The molecule has 22 heavy (non-hydrogen) atoms. The predicted molar refractivity (Wildman–Crippen MR) is 90.2 cm³/mol. The van der Waals surface area contributed by atoms with Crippen LogP contribution in [-0.4, -0.2) is 18.8 Å². The Bertz CT molecular complexity index is 580. The van der Waals surface area contributed by atoms with Crippen LogP contribution in [0, 0.1) is 0 Å². The summed E-state index contributed by atoms with van der Waals surface area (Å²) in [6, 6.07) is 16.4. The molecule has 2 aromatic carbocycles. The zero-order chi connectivity index (χ0) is 15.9. The second-order valence-corrected chi connectivity index (χ2v) is 5.46. The minimum atomic E-state index is -0.0918. The largest absolute Gasteiger partial charge is 0.496 e. The fourth-order valence-electron chi connectivity index (χ4n) is 2.66. The number of rotatable bonds is 7. The highest BCUT2D eigenvalue weighted by atomic mass is 16.5. The number of ether oxygens (including phenoxy) is 1. The molecule has 0 radical (unpaired) electrons. The molecule has 0 amide bonds. The summed E-state index contributed by atoms with van der Waals surface area (Å²) in [5.41, 5.74) is 3.49. The molecule has 118 valence electrons. The van der Waals surface area contributed by atoms with Crippen molar-refractivity contribution in [2.24, 2.45) is 0 Å². The number of methoxy groups -OCH3 is 1. The van der Waals surface area contributed by atoms with Crippen LogP contribution < -0.4 is 10.1 Å². The molecule has 0 aromatic heterocycles. The van der Waals surface area contributed by atoms with Crippen LogP contribution in [0.4, 0.5) is 0 Å². The first-order valence-electron chi connectivity index (χ1n) is 7.78. The number of benzene rings is 2. The van der Waals surface area contributed by atoms with E-state index in [-0.39, 0.29) is 18.7 Å². The molecule has 2 N–H and O–H groups in total. The van der Waals surface area contributed by atoms with Gasteiger partial charge in [-0.15, -0.1) is 0 Å². The molecule has 2 rings (SSSR count). The molecule has 0 saturated carbocycles. The van der Waals surface area contributed by atoms with Crippen molar-refractivity contribution in [1.29, 1.82) is 0 Å². The van der Waals surface area contributed by atoms with E-state index in [0.717, 1.165) is 23.3 Å². The van der Waals surface area contributed by atoms with Crippen LogP contribution in [0.5, 0.6) is 5.75 Å². The average molecular weight is 299 g/mol. The molecule has 0 fully saturated rings. The molecule has 0 heterocycles. The maximum atomic E-state index is 9.73. The monoisotopic (exact) mass is 299 g/mol. The van der Waals surface area contributed by atoms with E-state index in [1.807, 2.05) is 24.3 Å². The summed E-state index contributed by atoms with van der Waals surface area (Å²) in [6.45, 7) is 4.28. The molecule has 3 heteroatoms. The Morgan fingerprint density at radius 3 is 2.36 bits per heavy atom. The Balaban J connectivity index is 2.14. The smallest absolute Gasteiger partial charge is 0.123 e. The standard InChI is InChI=1S/C19H25NO2/c1-4-15-9-11-16(12-10-15)18(13-21)20-14(2)17-7-5-6-8-19(17)22-3/h5-12,14,18,20-21H,4,13H2,1-3H3. The molecule has 0 aliphatic carbocycles. The Hall–Kier alpha value is -1.84. The Morgan fingerprint density at radius 1 is 1.09 bits per heavy atom. The number of hydrogen-bond acceptors (Lipinski definition) is 3. The van der Waals surface area contributed by atoms with Gasteiger partial charge < -0.3 is 15.2 Å². The van der Waals surface area contributed by atoms with Crippen LogP contribution in [0.3, 0.4) is 0 Å². The van der Waals surface area contributed by atoms with Crippen molar-refractivity contribution in [1.82, 2.24) is 5.32 Å². The van der Waals surface area contributed by atoms with Crippen molar-refractivity contribution in [2.45, 2.75) is 32.4 Å². The number of hydrogen-bond donors (Lipinski definition) is 2. The Morgan fingerprint density at radius 2 is 1.77 bits per heavy atom. The molecule has 2 aromatic rings. The van der Waals surface area contributed by atoms with Crippen LogP contribution in [-0.2, 0) is 6.42 Å². The molecule has 0 aliphatic heterocycles. The molecule has 0 bridgehead atoms. The van der Waals surface area contributed by atoms with Gasteiger partial charge in [0.1, 0.15) is 5.75 Å². The van der Waals surface area contributed by atoms with Gasteiger partial charge in [-0.3, -0.25) is 0 Å². The van der Waals surface area contributed by atoms with Crippen LogP contribution >= 0.6 is 0 Å². The van der Waals surface area contributed by atoms with Gasteiger partial charge in [0.15, 0.2) is 0 Å². The zero-order valence-corrected chi connectivity index (χ0v) is 13.5. The summed E-state index contributed by atoms with van der Waals surface area (Å²) in [5, 5.41) is 13.2. The zero-order valence-electron chi connectivity index (χ0n) is 13.5. The Labute approximate surface area is 133 Å². The van der Waals surface area contributed by atoms with Crippen molar-refractivity contribution >= 4 is 0 Å². The van der Waals surface area contributed by atoms with Gasteiger partial charge in [-0.2, -0.15) is 0 Å². The summed E-state index contributed by atoms with van der Waals surface area (Å²) in [7, 11) is 1.68. The van der Waals surface area contributed by atoms with E-state index < -0.39 is 0 Å². The first-order valence-corrected chi connectivity index (χ1v) is 7.78. The van der Waals surface area contributed by atoms with Gasteiger partial charge in [-0.05, 0) is 30.5 Å². The molecular formula is C19H25NO2. The summed E-state index contributed by atoms with van der Waals surface area (Å²) in [5.74, 6) is 0.862. The van der Waals surface area contributed by atoms with E-state index in [0.29, 0.717) is 0 Å². The highest BCUT2D eigenvalue weighted by molar-refractivity contribution is 5.36. The van der Waals surface area contributed by atoms with Gasteiger partial charge in [0.05, 0.1) is 19.8 Å². The van der Waals surface area contributed by atoms with Gasteiger partial charge in [-0.1, -0.05) is 49.4 Å². The van der Waals surface area contributed by atoms with Crippen molar-refractivity contribution < 1.29 is 9.84 Å². The lowest BCUT2D eigenvalue weighted by molar-refractivity contribution is 0.234. The summed E-state index contributed by atoms with van der Waals surface area (Å²) >= 11 is 0. The molecule has 0 aliphatic rings. The molecule has 3 nitrogen and oxygen atoms in total. The van der Waals surface area contributed by atoms with Crippen LogP contribution in [0.25, 0.3) is 0 Å². The van der Waals surface area contributed by atoms with Gasteiger partial charge >= 0.3 is 0 Å². The third-order valence-corrected chi connectivity index (χ3v) is 4.03. The number of aliphatic hydroxyl groups is 1. The lowest BCUT2D eigenvalue weighted by atomic mass is 10.0. The van der Waals surface area contributed by atoms with E-state index >= 15 is 0 Å². The van der Waals surface area contributed by atoms with E-state index in [1.165, 1.54) is 5.56 Å². The highest BCUT2D eigenvalue weighted by Gasteiger charge is 2.17. The SMILES string of the molecule is CCc1ccc(C(CO)NC(C)c2ccccc2OC)cc1. The van der Waals surface area contributed by atoms with Gasteiger partial charge in [0.25, 0.3) is 0 Å². The molecule has 2 unspecified atom stereocenters. The lowest BCUT2D eigenvalue weighted by Gasteiger charge is -2.24.